The third-order valence-electron chi connectivity index (χ3n) is 6.62. The first-order valence-corrected chi connectivity index (χ1v) is 12.4. The predicted octanol–water partition coefficient (Wildman–Crippen LogP) is 2.74. The van der Waals surface area contributed by atoms with Gasteiger partial charge in [-0.05, 0) is 53.4 Å². The fourth-order valence-corrected chi connectivity index (χ4v) is 5.21. The lowest BCUT2D eigenvalue weighted by atomic mass is 9.87. The van der Waals surface area contributed by atoms with E-state index in [2.05, 4.69) is 46.9 Å². The highest BCUT2D eigenvalue weighted by atomic mass is 79.9. The number of aromatic nitrogens is 5. The molecule has 36 heavy (non-hydrogen) atoms. The van der Waals surface area contributed by atoms with E-state index in [0.29, 0.717) is 39.5 Å². The van der Waals surface area contributed by atoms with E-state index in [0.717, 1.165) is 23.6 Å². The van der Waals surface area contributed by atoms with Gasteiger partial charge in [-0.25, -0.2) is 9.67 Å². The van der Waals surface area contributed by atoms with Crippen LogP contribution in [0.2, 0.25) is 0 Å². The van der Waals surface area contributed by atoms with Crippen LogP contribution in [-0.4, -0.2) is 56.2 Å². The number of carbonyl (C=O) groups excluding carboxylic acids is 2. The van der Waals surface area contributed by atoms with E-state index < -0.39 is 5.41 Å². The molecule has 12 heteroatoms. The summed E-state index contributed by atoms with van der Waals surface area (Å²) in [6, 6.07) is 7.55. The molecule has 5 N–H and O–H groups in total. The van der Waals surface area contributed by atoms with Crippen LogP contribution < -0.4 is 21.7 Å². The average molecular weight is 552 g/mol. The highest BCUT2D eigenvalue weighted by Crippen LogP contribution is 2.39. The minimum Gasteiger partial charge on any atom is -0.359 e. The summed E-state index contributed by atoms with van der Waals surface area (Å²) in [4.78, 5) is 38.0. The van der Waals surface area contributed by atoms with Crippen LogP contribution in [0.4, 0.5) is 11.6 Å². The van der Waals surface area contributed by atoms with Gasteiger partial charge in [-0.2, -0.15) is 10.1 Å². The van der Waals surface area contributed by atoms with Gasteiger partial charge in [0.2, 0.25) is 17.8 Å². The van der Waals surface area contributed by atoms with Crippen molar-refractivity contribution >= 4 is 61.3 Å². The van der Waals surface area contributed by atoms with Gasteiger partial charge in [-0.3, -0.25) is 14.6 Å². The Labute approximate surface area is 215 Å². The molecule has 1 aliphatic carbocycles. The maximum atomic E-state index is 12.3. The maximum absolute atomic E-state index is 12.3. The summed E-state index contributed by atoms with van der Waals surface area (Å²) in [6.45, 7) is 1.84. The Bertz CT molecular complexity index is 1490. The van der Waals surface area contributed by atoms with E-state index in [1.807, 2.05) is 25.1 Å². The minimum absolute atomic E-state index is 0.0495. The van der Waals surface area contributed by atoms with Crippen LogP contribution >= 0.6 is 15.9 Å². The van der Waals surface area contributed by atoms with Crippen molar-refractivity contribution < 1.29 is 9.59 Å². The predicted molar refractivity (Wildman–Crippen MR) is 141 cm³/mol. The Hall–Kier alpha value is -3.64. The molecule has 11 nitrogen and oxygen atoms in total. The van der Waals surface area contributed by atoms with Crippen LogP contribution in [0.15, 0.2) is 41.3 Å². The van der Waals surface area contributed by atoms with Crippen LogP contribution in [0.1, 0.15) is 26.2 Å². The second-order valence-corrected chi connectivity index (χ2v) is 9.93. The Balaban J connectivity index is 1.52. The molecule has 1 fully saturated rings. The van der Waals surface area contributed by atoms with Gasteiger partial charge in [0, 0.05) is 36.3 Å². The number of pyridine rings is 1. The first-order chi connectivity index (χ1) is 17.3. The lowest BCUT2D eigenvalue weighted by Gasteiger charge is -2.22. The lowest BCUT2D eigenvalue weighted by molar-refractivity contribution is -0.129. The van der Waals surface area contributed by atoms with Gasteiger partial charge >= 0.3 is 0 Å². The van der Waals surface area contributed by atoms with E-state index in [4.69, 9.17) is 10.7 Å². The highest BCUT2D eigenvalue weighted by molar-refractivity contribution is 9.10. The second kappa shape index (κ2) is 9.43. The summed E-state index contributed by atoms with van der Waals surface area (Å²) in [5.74, 6) is 0.189. The molecule has 4 aromatic rings. The van der Waals surface area contributed by atoms with Crippen molar-refractivity contribution in [3.05, 3.63) is 41.3 Å². The van der Waals surface area contributed by atoms with Gasteiger partial charge in [0.15, 0.2) is 5.65 Å². The van der Waals surface area contributed by atoms with Crippen molar-refractivity contribution in [3.8, 4) is 5.69 Å². The molecular formula is C24H26BrN9O2. The Morgan fingerprint density at radius 2 is 2.14 bits per heavy atom. The molecule has 0 radical (unpaired) electrons. The quantitative estimate of drug-likeness (QED) is 0.285. The number of nitrogens with two attached hydrogens (primary N) is 1. The zero-order valence-corrected chi connectivity index (χ0v) is 21.5. The molecule has 5 rings (SSSR count). The van der Waals surface area contributed by atoms with Crippen LogP contribution in [0.25, 0.3) is 27.6 Å². The number of fused-ring (bicyclic) bond motifs is 2. The summed E-state index contributed by atoms with van der Waals surface area (Å²) in [6.07, 6.45) is 5.71. The third kappa shape index (κ3) is 4.37. The van der Waals surface area contributed by atoms with Crippen LogP contribution in [0.3, 0.4) is 0 Å². The van der Waals surface area contributed by atoms with Crippen molar-refractivity contribution in [3.63, 3.8) is 0 Å². The van der Waals surface area contributed by atoms with Crippen molar-refractivity contribution in [2.75, 3.05) is 24.2 Å². The van der Waals surface area contributed by atoms with E-state index in [9.17, 15) is 9.59 Å². The smallest absolute Gasteiger partial charge is 0.238 e. The van der Waals surface area contributed by atoms with Gasteiger partial charge in [0.1, 0.15) is 4.60 Å². The van der Waals surface area contributed by atoms with Crippen molar-refractivity contribution in [2.24, 2.45) is 11.1 Å². The molecular weight excluding hydrogens is 526 g/mol. The van der Waals surface area contributed by atoms with Crippen LogP contribution in [0.5, 0.6) is 0 Å². The molecule has 1 aliphatic rings. The first kappa shape index (κ1) is 24.1. The van der Waals surface area contributed by atoms with E-state index in [1.165, 1.54) is 0 Å². The molecule has 2 atom stereocenters. The van der Waals surface area contributed by atoms with Crippen molar-refractivity contribution in [1.29, 1.82) is 0 Å². The standard InChI is InChI=1S/C24H26BrN9O2/c1-24(22(36)27-2)6-5-14(10-24)30-23-29-12-16-20(25)33-34(21(16)32-23)15-8-13-4-3-7-28-19(13)17(9-15)31-18(35)11-26/h3-4,7-9,12,14H,5-6,10-11,26H2,1-2H3,(H,27,36)(H,31,35)(H,29,30,32)/t14-,24-/m1/s1. The maximum Gasteiger partial charge on any atom is 0.238 e. The zero-order chi connectivity index (χ0) is 25.4. The molecule has 186 valence electrons. The summed E-state index contributed by atoms with van der Waals surface area (Å²) in [5.41, 5.74) is 7.56. The fraction of sp³-hybridized carbons (Fsp3) is 0.333. The van der Waals surface area contributed by atoms with Gasteiger partial charge in [-0.1, -0.05) is 13.0 Å². The third-order valence-corrected chi connectivity index (χ3v) is 7.21. The number of amides is 2. The number of hydrogen-bond acceptors (Lipinski definition) is 8. The van der Waals surface area contributed by atoms with Gasteiger partial charge in [-0.15, -0.1) is 0 Å². The number of carbonyl (C=O) groups is 2. The number of nitrogens with one attached hydrogen (secondary N) is 3. The number of benzene rings is 1. The fourth-order valence-electron chi connectivity index (χ4n) is 4.77. The van der Waals surface area contributed by atoms with Crippen LogP contribution in [-0.2, 0) is 9.59 Å². The molecule has 0 saturated heterocycles. The number of halogens is 1. The molecule has 3 heterocycles. The van der Waals surface area contributed by atoms with Crippen LogP contribution in [0, 0.1) is 5.41 Å². The van der Waals surface area contributed by atoms with E-state index in [-0.39, 0.29) is 24.4 Å². The number of nitrogens with zero attached hydrogens (tertiary/aromatic N) is 5. The van der Waals surface area contributed by atoms with E-state index in [1.54, 1.807) is 30.2 Å². The SMILES string of the molecule is CNC(=O)[C@]1(C)CC[C@@H](Nc2ncc3c(Br)nn(-c4cc(NC(=O)CN)c5ncccc5c4)c3n2)C1. The number of hydrogen-bond donors (Lipinski definition) is 4. The topological polar surface area (TPSA) is 153 Å². The normalized spacial score (nSPS) is 19.5. The van der Waals surface area contributed by atoms with Gasteiger partial charge in [0.05, 0.1) is 28.8 Å². The van der Waals surface area contributed by atoms with Crippen molar-refractivity contribution in [1.82, 2.24) is 30.0 Å². The monoisotopic (exact) mass is 551 g/mol. The van der Waals surface area contributed by atoms with E-state index >= 15 is 0 Å². The molecule has 2 amide bonds. The minimum atomic E-state index is -0.412. The summed E-state index contributed by atoms with van der Waals surface area (Å²) < 4.78 is 2.29. The van der Waals surface area contributed by atoms with Crippen molar-refractivity contribution in [2.45, 2.75) is 32.2 Å². The Morgan fingerprint density at radius 1 is 1.31 bits per heavy atom. The summed E-state index contributed by atoms with van der Waals surface area (Å²) in [5, 5.41) is 15.2. The molecule has 0 aliphatic heterocycles. The Kier molecular flexibility index (Phi) is 6.31. The molecule has 0 bridgehead atoms. The number of anilines is 2. The largest absolute Gasteiger partial charge is 0.359 e. The van der Waals surface area contributed by atoms with Gasteiger partial charge in [0.25, 0.3) is 0 Å². The lowest BCUT2D eigenvalue weighted by Crippen LogP contribution is -2.35. The molecule has 1 saturated carbocycles. The second-order valence-electron chi connectivity index (χ2n) is 9.18. The zero-order valence-electron chi connectivity index (χ0n) is 19.9. The Morgan fingerprint density at radius 3 is 2.92 bits per heavy atom. The summed E-state index contributed by atoms with van der Waals surface area (Å²) >= 11 is 3.51. The first-order valence-electron chi connectivity index (χ1n) is 11.6. The van der Waals surface area contributed by atoms with Gasteiger partial charge < -0.3 is 21.7 Å². The average Bonchev–Trinajstić information content (AvgIpc) is 3.43. The molecule has 0 spiro atoms. The molecule has 3 aromatic heterocycles. The number of rotatable bonds is 6. The molecule has 1 aromatic carbocycles. The summed E-state index contributed by atoms with van der Waals surface area (Å²) in [7, 11) is 1.67. The highest BCUT2D eigenvalue weighted by Gasteiger charge is 2.41. The molecule has 0 unspecified atom stereocenters.